The Balaban J connectivity index is 2.91. The number of nitrogens with one attached hydrogen (secondary N) is 4. The van der Waals surface area contributed by atoms with Crippen molar-refractivity contribution in [1.82, 2.24) is 21.3 Å². The molecule has 0 fully saturated rings. The van der Waals surface area contributed by atoms with E-state index in [0.717, 1.165) is 39.3 Å². The molecule has 0 unspecified atom stereocenters. The van der Waals surface area contributed by atoms with E-state index in [1.807, 2.05) is 0 Å². The van der Waals surface area contributed by atoms with Gasteiger partial charge in [-0.15, -0.1) is 0 Å². The fourth-order valence-corrected chi connectivity index (χ4v) is 2.32. The Labute approximate surface area is 139 Å². The van der Waals surface area contributed by atoms with Gasteiger partial charge in [0.05, 0.1) is 0 Å². The third kappa shape index (κ3) is 19.8. The van der Waals surface area contributed by atoms with Crippen LogP contribution in [0.25, 0.3) is 0 Å². The van der Waals surface area contributed by atoms with E-state index in [0.29, 0.717) is 0 Å². The molecule has 22 heavy (non-hydrogen) atoms. The van der Waals surface area contributed by atoms with Gasteiger partial charge in [0.2, 0.25) is 0 Å². The molecule has 4 nitrogen and oxygen atoms in total. The van der Waals surface area contributed by atoms with Crippen LogP contribution in [0.1, 0.15) is 65.2 Å². The zero-order chi connectivity index (χ0) is 16.1. The lowest BCUT2D eigenvalue weighted by atomic mass is 10.2. The van der Waals surface area contributed by atoms with Gasteiger partial charge < -0.3 is 21.3 Å². The van der Waals surface area contributed by atoms with Crippen LogP contribution in [0.2, 0.25) is 0 Å². The first-order valence-electron chi connectivity index (χ1n) is 9.74. The van der Waals surface area contributed by atoms with Crippen LogP contribution in [0.3, 0.4) is 0 Å². The second-order valence-electron chi connectivity index (χ2n) is 6.12. The summed E-state index contributed by atoms with van der Waals surface area (Å²) in [6.45, 7) is 13.7. The van der Waals surface area contributed by atoms with Crippen LogP contribution in [0.15, 0.2) is 0 Å². The van der Waals surface area contributed by atoms with Gasteiger partial charge in [-0.3, -0.25) is 0 Å². The van der Waals surface area contributed by atoms with E-state index < -0.39 is 0 Å². The Hall–Kier alpha value is -0.160. The summed E-state index contributed by atoms with van der Waals surface area (Å²) in [5.74, 6) is 0. The molecule has 0 atom stereocenters. The van der Waals surface area contributed by atoms with E-state index in [2.05, 4.69) is 35.1 Å². The van der Waals surface area contributed by atoms with Crippen LogP contribution in [0, 0.1) is 0 Å². The molecule has 4 N–H and O–H groups in total. The number of unbranched alkanes of at least 4 members (excludes halogenated alkanes) is 3. The molecule has 4 heteroatoms. The lowest BCUT2D eigenvalue weighted by Gasteiger charge is -2.08. The fraction of sp³-hybridized carbons (Fsp3) is 1.00. The van der Waals surface area contributed by atoms with Crippen LogP contribution in [-0.4, -0.2) is 52.4 Å². The van der Waals surface area contributed by atoms with Gasteiger partial charge in [0.25, 0.3) is 0 Å². The highest BCUT2D eigenvalue weighted by atomic mass is 14.9. The van der Waals surface area contributed by atoms with E-state index >= 15 is 0 Å². The van der Waals surface area contributed by atoms with E-state index in [4.69, 9.17) is 0 Å². The fourth-order valence-electron chi connectivity index (χ4n) is 2.32. The number of hydrogen-bond donors (Lipinski definition) is 4. The molecule has 134 valence electrons. The largest absolute Gasteiger partial charge is 0.317 e. The topological polar surface area (TPSA) is 48.1 Å². The SMILES string of the molecule is CCCCCNCCCNCCCNCCCNCCCC. The highest BCUT2D eigenvalue weighted by molar-refractivity contribution is 4.56. The lowest BCUT2D eigenvalue weighted by Crippen LogP contribution is -2.27. The Kier molecular flexibility index (Phi) is 20.7. The van der Waals surface area contributed by atoms with Crippen molar-refractivity contribution in [2.24, 2.45) is 0 Å². The Morgan fingerprint density at radius 1 is 0.364 bits per heavy atom. The smallest absolute Gasteiger partial charge is 0.00368 e. The van der Waals surface area contributed by atoms with Gasteiger partial charge in [-0.25, -0.2) is 0 Å². The van der Waals surface area contributed by atoms with Crippen molar-refractivity contribution in [3.05, 3.63) is 0 Å². The molecule has 0 aromatic carbocycles. The predicted molar refractivity (Wildman–Crippen MR) is 99.8 cm³/mol. The molecule has 0 aromatic heterocycles. The van der Waals surface area contributed by atoms with E-state index in [1.54, 1.807) is 0 Å². The normalized spacial score (nSPS) is 11.2. The summed E-state index contributed by atoms with van der Waals surface area (Å²) in [5, 5.41) is 14.0. The molecule has 0 saturated carbocycles. The van der Waals surface area contributed by atoms with E-state index in [9.17, 15) is 0 Å². The van der Waals surface area contributed by atoms with E-state index in [1.165, 1.54) is 64.5 Å². The summed E-state index contributed by atoms with van der Waals surface area (Å²) >= 11 is 0. The molecule has 0 aliphatic rings. The summed E-state index contributed by atoms with van der Waals surface area (Å²) in [6, 6.07) is 0. The van der Waals surface area contributed by atoms with Gasteiger partial charge in [0.15, 0.2) is 0 Å². The molecule has 0 aliphatic carbocycles. The average molecular weight is 315 g/mol. The number of rotatable bonds is 19. The van der Waals surface area contributed by atoms with Gasteiger partial charge in [0.1, 0.15) is 0 Å². The highest BCUT2D eigenvalue weighted by Crippen LogP contribution is 1.90. The van der Waals surface area contributed by atoms with Gasteiger partial charge in [-0.05, 0) is 84.5 Å². The van der Waals surface area contributed by atoms with Crippen LogP contribution in [0.4, 0.5) is 0 Å². The zero-order valence-corrected chi connectivity index (χ0v) is 15.3. The first-order valence-corrected chi connectivity index (χ1v) is 9.74. The van der Waals surface area contributed by atoms with Crippen molar-refractivity contribution in [2.45, 2.75) is 65.2 Å². The quantitative estimate of drug-likeness (QED) is 0.277. The molecular formula is C18H42N4. The predicted octanol–water partition coefficient (Wildman–Crippen LogP) is 2.51. The van der Waals surface area contributed by atoms with E-state index in [-0.39, 0.29) is 0 Å². The minimum atomic E-state index is 1.14. The summed E-state index contributed by atoms with van der Waals surface area (Å²) in [6.07, 6.45) is 10.3. The van der Waals surface area contributed by atoms with Crippen LogP contribution in [-0.2, 0) is 0 Å². The molecule has 0 bridgehead atoms. The van der Waals surface area contributed by atoms with Crippen molar-refractivity contribution in [2.75, 3.05) is 52.4 Å². The van der Waals surface area contributed by atoms with Gasteiger partial charge in [-0.2, -0.15) is 0 Å². The van der Waals surface area contributed by atoms with Crippen LogP contribution in [0.5, 0.6) is 0 Å². The first-order chi connectivity index (χ1) is 10.9. The van der Waals surface area contributed by atoms with Crippen molar-refractivity contribution in [1.29, 1.82) is 0 Å². The van der Waals surface area contributed by atoms with Gasteiger partial charge >= 0.3 is 0 Å². The molecule has 0 radical (unpaired) electrons. The first kappa shape index (κ1) is 21.8. The lowest BCUT2D eigenvalue weighted by molar-refractivity contribution is 0.544. The highest BCUT2D eigenvalue weighted by Gasteiger charge is 1.92. The third-order valence-electron chi connectivity index (χ3n) is 3.79. The van der Waals surface area contributed by atoms with Crippen molar-refractivity contribution in [3.8, 4) is 0 Å². The van der Waals surface area contributed by atoms with Crippen LogP contribution >= 0.6 is 0 Å². The minimum absolute atomic E-state index is 1.14. The average Bonchev–Trinajstić information content (AvgIpc) is 2.54. The standard InChI is InChI=1S/C18H42N4/c1-3-5-7-12-20-14-9-16-22-18-10-17-21-15-8-13-19-11-6-4-2/h19-22H,3-18H2,1-2H3. The van der Waals surface area contributed by atoms with Crippen molar-refractivity contribution < 1.29 is 0 Å². The molecule has 0 aliphatic heterocycles. The molecule has 0 rings (SSSR count). The second-order valence-corrected chi connectivity index (χ2v) is 6.12. The van der Waals surface area contributed by atoms with Crippen LogP contribution < -0.4 is 21.3 Å². The molecule has 0 heterocycles. The van der Waals surface area contributed by atoms with Crippen molar-refractivity contribution in [3.63, 3.8) is 0 Å². The maximum Gasteiger partial charge on any atom is -0.00368 e. The summed E-state index contributed by atoms with van der Waals surface area (Å²) in [4.78, 5) is 0. The molecule has 0 spiro atoms. The molecule has 0 aromatic rings. The van der Waals surface area contributed by atoms with Gasteiger partial charge in [0, 0.05) is 0 Å². The Morgan fingerprint density at radius 2 is 0.682 bits per heavy atom. The number of hydrogen-bond acceptors (Lipinski definition) is 4. The monoisotopic (exact) mass is 314 g/mol. The van der Waals surface area contributed by atoms with Crippen molar-refractivity contribution >= 4 is 0 Å². The second kappa shape index (κ2) is 20.8. The Bertz CT molecular complexity index is 168. The maximum atomic E-state index is 3.52. The summed E-state index contributed by atoms with van der Waals surface area (Å²) in [5.41, 5.74) is 0. The molecular weight excluding hydrogens is 272 g/mol. The summed E-state index contributed by atoms with van der Waals surface area (Å²) in [7, 11) is 0. The third-order valence-corrected chi connectivity index (χ3v) is 3.79. The summed E-state index contributed by atoms with van der Waals surface area (Å²) < 4.78 is 0. The Morgan fingerprint density at radius 3 is 1.05 bits per heavy atom. The minimum Gasteiger partial charge on any atom is -0.317 e. The molecule has 0 saturated heterocycles. The molecule has 0 amide bonds. The zero-order valence-electron chi connectivity index (χ0n) is 15.3. The van der Waals surface area contributed by atoms with Gasteiger partial charge in [-0.1, -0.05) is 33.1 Å². The maximum absolute atomic E-state index is 3.52.